The number of hydrogen-bond acceptors (Lipinski definition) is 6. The van der Waals surface area contributed by atoms with Crippen LogP contribution in [0.5, 0.6) is 0 Å². The Morgan fingerprint density at radius 2 is 1.46 bits per heavy atom. The molecule has 0 bridgehead atoms. The summed E-state index contributed by atoms with van der Waals surface area (Å²) in [6.07, 6.45) is 1.77. The fourth-order valence-corrected chi connectivity index (χ4v) is 3.89. The molecule has 1 fully saturated rings. The lowest BCUT2D eigenvalue weighted by atomic mass is 10.0. The van der Waals surface area contributed by atoms with Gasteiger partial charge in [-0.05, 0) is 66.7 Å². The number of rotatable bonds is 5. The molecule has 0 aliphatic carbocycles. The lowest BCUT2D eigenvalue weighted by molar-refractivity contribution is 0.103. The van der Waals surface area contributed by atoms with Crippen molar-refractivity contribution in [1.82, 2.24) is 15.3 Å². The Hall–Kier alpha value is -4.37. The first-order valence-corrected chi connectivity index (χ1v) is 11.3. The summed E-state index contributed by atoms with van der Waals surface area (Å²) < 4.78 is 13.0. The zero-order valence-electron chi connectivity index (χ0n) is 18.8. The molecular formula is C26H23FN6O2. The monoisotopic (exact) mass is 470 g/mol. The van der Waals surface area contributed by atoms with Crippen LogP contribution in [0.1, 0.15) is 15.9 Å². The van der Waals surface area contributed by atoms with Crippen molar-refractivity contribution in [2.75, 3.05) is 41.7 Å². The molecule has 3 N–H and O–H groups in total. The minimum atomic E-state index is -0.468. The van der Waals surface area contributed by atoms with Crippen LogP contribution in [0.25, 0.3) is 11.0 Å². The van der Waals surface area contributed by atoms with Crippen LogP contribution in [0.2, 0.25) is 0 Å². The van der Waals surface area contributed by atoms with Crippen LogP contribution in [0, 0.1) is 5.82 Å². The summed E-state index contributed by atoms with van der Waals surface area (Å²) in [5.41, 5.74) is 3.38. The van der Waals surface area contributed by atoms with Gasteiger partial charge in [-0.2, -0.15) is 0 Å². The summed E-state index contributed by atoms with van der Waals surface area (Å²) in [4.78, 5) is 36.7. The molecule has 2 amide bonds. The molecule has 0 spiro atoms. The highest BCUT2D eigenvalue weighted by atomic mass is 19.1. The number of hydrogen-bond donors (Lipinski definition) is 3. The van der Waals surface area contributed by atoms with Crippen molar-refractivity contribution in [3.63, 3.8) is 0 Å². The molecule has 1 aliphatic rings. The second kappa shape index (κ2) is 9.86. The lowest BCUT2D eigenvalue weighted by Crippen LogP contribution is -2.43. The van der Waals surface area contributed by atoms with E-state index in [2.05, 4.69) is 25.8 Å². The van der Waals surface area contributed by atoms with E-state index in [1.165, 1.54) is 24.3 Å². The molecule has 1 aromatic heterocycles. The number of piperazine rings is 1. The number of urea groups is 1. The van der Waals surface area contributed by atoms with Crippen LogP contribution in [0.15, 0.2) is 72.9 Å². The van der Waals surface area contributed by atoms with E-state index in [1.54, 1.807) is 48.7 Å². The quantitative estimate of drug-likeness (QED) is 0.381. The molecule has 5 rings (SSSR count). The molecule has 3 aromatic carbocycles. The summed E-state index contributed by atoms with van der Waals surface area (Å²) >= 11 is 0. The van der Waals surface area contributed by atoms with Gasteiger partial charge >= 0.3 is 6.03 Å². The Bertz CT molecular complexity index is 1370. The van der Waals surface area contributed by atoms with Gasteiger partial charge in [-0.3, -0.25) is 9.78 Å². The number of halogens is 1. The van der Waals surface area contributed by atoms with E-state index in [1.807, 2.05) is 0 Å². The average Bonchev–Trinajstić information content (AvgIpc) is 2.90. The first-order valence-electron chi connectivity index (χ1n) is 11.3. The predicted octanol–water partition coefficient (Wildman–Crippen LogP) is 4.05. The Kier molecular flexibility index (Phi) is 6.32. The first-order chi connectivity index (χ1) is 17.0. The molecule has 1 aliphatic heterocycles. The Balaban J connectivity index is 1.28. The van der Waals surface area contributed by atoms with Gasteiger partial charge in [-0.1, -0.05) is 0 Å². The van der Waals surface area contributed by atoms with Gasteiger partial charge in [0.05, 0.1) is 17.2 Å². The lowest BCUT2D eigenvalue weighted by Gasteiger charge is -2.28. The Morgan fingerprint density at radius 3 is 2.14 bits per heavy atom. The normalized spacial score (nSPS) is 13.5. The van der Waals surface area contributed by atoms with Gasteiger partial charge < -0.3 is 20.9 Å². The van der Waals surface area contributed by atoms with Crippen molar-refractivity contribution in [3.8, 4) is 0 Å². The SMILES string of the molecule is O=C(Nc1ccc(F)cc1)Nc1ccc(C(=O)c2ccc3ncc(N4CCNCC4)nc3c2)cc1. The number of anilines is 3. The summed E-state index contributed by atoms with van der Waals surface area (Å²) in [5, 5.41) is 8.63. The molecule has 8 nitrogen and oxygen atoms in total. The molecule has 0 atom stereocenters. The maximum Gasteiger partial charge on any atom is 0.323 e. The minimum Gasteiger partial charge on any atom is -0.353 e. The largest absolute Gasteiger partial charge is 0.353 e. The highest BCUT2D eigenvalue weighted by Gasteiger charge is 2.15. The van der Waals surface area contributed by atoms with Gasteiger partial charge in [-0.15, -0.1) is 0 Å². The van der Waals surface area contributed by atoms with E-state index in [-0.39, 0.29) is 11.6 Å². The zero-order valence-corrected chi connectivity index (χ0v) is 18.8. The van der Waals surface area contributed by atoms with E-state index in [4.69, 9.17) is 4.98 Å². The Labute approximate surface area is 201 Å². The van der Waals surface area contributed by atoms with Crippen LogP contribution in [0.4, 0.5) is 26.4 Å². The molecule has 176 valence electrons. The maximum atomic E-state index is 13.1. The number of benzene rings is 3. The second-order valence-electron chi connectivity index (χ2n) is 8.16. The van der Waals surface area contributed by atoms with Crippen molar-refractivity contribution < 1.29 is 14.0 Å². The van der Waals surface area contributed by atoms with Gasteiger partial charge in [0.15, 0.2) is 5.78 Å². The van der Waals surface area contributed by atoms with Crippen molar-refractivity contribution >= 4 is 40.0 Å². The molecular weight excluding hydrogens is 447 g/mol. The van der Waals surface area contributed by atoms with Crippen molar-refractivity contribution in [2.24, 2.45) is 0 Å². The number of carbonyl (C=O) groups is 2. The van der Waals surface area contributed by atoms with Crippen LogP contribution in [-0.4, -0.2) is 48.0 Å². The summed E-state index contributed by atoms with van der Waals surface area (Å²) in [6.45, 7) is 3.52. The smallest absolute Gasteiger partial charge is 0.323 e. The fourth-order valence-electron chi connectivity index (χ4n) is 3.89. The van der Waals surface area contributed by atoms with E-state index >= 15 is 0 Å². The Morgan fingerprint density at radius 1 is 0.829 bits per heavy atom. The summed E-state index contributed by atoms with van der Waals surface area (Å²) in [6, 6.07) is 16.9. The van der Waals surface area contributed by atoms with Crippen LogP contribution in [-0.2, 0) is 0 Å². The molecule has 35 heavy (non-hydrogen) atoms. The molecule has 0 saturated carbocycles. The maximum absolute atomic E-state index is 13.1. The van der Waals surface area contributed by atoms with Crippen LogP contribution in [0.3, 0.4) is 0 Å². The molecule has 4 aromatic rings. The number of ketones is 1. The van der Waals surface area contributed by atoms with Gasteiger partial charge in [0.2, 0.25) is 0 Å². The van der Waals surface area contributed by atoms with Gasteiger partial charge in [0, 0.05) is 48.7 Å². The van der Waals surface area contributed by atoms with Crippen molar-refractivity contribution in [2.45, 2.75) is 0 Å². The highest BCUT2D eigenvalue weighted by Crippen LogP contribution is 2.20. The van der Waals surface area contributed by atoms with Gasteiger partial charge in [0.1, 0.15) is 11.6 Å². The third kappa shape index (κ3) is 5.25. The number of nitrogens with zero attached hydrogens (tertiary/aromatic N) is 3. The number of fused-ring (bicyclic) bond motifs is 1. The van der Waals surface area contributed by atoms with Crippen molar-refractivity contribution in [3.05, 3.63) is 89.9 Å². The van der Waals surface area contributed by atoms with Crippen LogP contribution >= 0.6 is 0 Å². The number of nitrogens with one attached hydrogen (secondary N) is 3. The second-order valence-corrected chi connectivity index (χ2v) is 8.16. The number of carbonyl (C=O) groups excluding carboxylic acids is 2. The summed E-state index contributed by atoms with van der Waals surface area (Å²) in [7, 11) is 0. The molecule has 1 saturated heterocycles. The zero-order chi connectivity index (χ0) is 24.2. The average molecular weight is 471 g/mol. The fraction of sp³-hybridized carbons (Fsp3) is 0.154. The van der Waals surface area contributed by atoms with E-state index in [9.17, 15) is 14.0 Å². The molecule has 2 heterocycles. The highest BCUT2D eigenvalue weighted by molar-refractivity contribution is 6.10. The first kappa shape index (κ1) is 22.4. The predicted molar refractivity (Wildman–Crippen MR) is 134 cm³/mol. The van der Waals surface area contributed by atoms with Gasteiger partial charge in [0.25, 0.3) is 0 Å². The van der Waals surface area contributed by atoms with E-state index in [0.717, 1.165) is 37.5 Å². The van der Waals surface area contributed by atoms with E-state index < -0.39 is 6.03 Å². The molecule has 0 unspecified atom stereocenters. The van der Waals surface area contributed by atoms with Gasteiger partial charge in [-0.25, -0.2) is 14.2 Å². The van der Waals surface area contributed by atoms with E-state index in [0.29, 0.717) is 28.0 Å². The van der Waals surface area contributed by atoms with Crippen molar-refractivity contribution in [1.29, 1.82) is 0 Å². The number of aromatic nitrogens is 2. The topological polar surface area (TPSA) is 99.2 Å². The summed E-state index contributed by atoms with van der Waals surface area (Å²) in [5.74, 6) is 0.274. The molecule has 9 heteroatoms. The molecule has 0 radical (unpaired) electrons. The standard InChI is InChI=1S/C26H23FN6O2/c27-19-4-8-21(9-5-19)31-26(35)30-20-6-1-17(2-7-20)25(34)18-3-10-22-23(15-18)32-24(16-29-22)33-13-11-28-12-14-33/h1-10,15-16,28H,11-14H2,(H2,30,31,35). The third-order valence-corrected chi connectivity index (χ3v) is 5.74. The number of amides is 2. The third-order valence-electron chi connectivity index (χ3n) is 5.74. The van der Waals surface area contributed by atoms with Crippen LogP contribution < -0.4 is 20.9 Å². The minimum absolute atomic E-state index is 0.149.